The van der Waals surface area contributed by atoms with Crippen molar-refractivity contribution in [2.24, 2.45) is 13.0 Å². The van der Waals surface area contributed by atoms with Gasteiger partial charge in [0.1, 0.15) is 6.10 Å². The van der Waals surface area contributed by atoms with Crippen LogP contribution in [0.1, 0.15) is 23.8 Å². The largest absolute Gasteiger partial charge is 0.372 e. The standard InChI is InChI=1S/C18H22N4O2/c1-21-16(6-8-19-21)18-14(7-9-24-18)11-22-10-13-4-2-3-5-15(13)20-17(23)12-22/h2-6,8,14,18H,7,9-12H2,1H3,(H,20,23)/t14-,18+/m0/s1. The summed E-state index contributed by atoms with van der Waals surface area (Å²) in [7, 11) is 1.95. The fourth-order valence-corrected chi connectivity index (χ4v) is 3.74. The Hall–Kier alpha value is -2.18. The molecule has 1 saturated heterocycles. The molecule has 6 heteroatoms. The summed E-state index contributed by atoms with van der Waals surface area (Å²) in [4.78, 5) is 14.4. The molecular formula is C18H22N4O2. The molecule has 1 fully saturated rings. The molecule has 24 heavy (non-hydrogen) atoms. The Morgan fingerprint density at radius 2 is 2.17 bits per heavy atom. The predicted octanol–water partition coefficient (Wildman–Crippen LogP) is 1.95. The Morgan fingerprint density at radius 3 is 3.00 bits per heavy atom. The molecule has 4 rings (SSSR count). The summed E-state index contributed by atoms with van der Waals surface area (Å²) in [5.41, 5.74) is 3.20. The molecular weight excluding hydrogens is 304 g/mol. The van der Waals surface area contributed by atoms with Crippen molar-refractivity contribution in [3.05, 3.63) is 47.8 Å². The van der Waals surface area contributed by atoms with E-state index in [9.17, 15) is 4.79 Å². The van der Waals surface area contributed by atoms with E-state index in [-0.39, 0.29) is 12.0 Å². The molecule has 2 aliphatic heterocycles. The number of ether oxygens (including phenoxy) is 1. The molecule has 0 bridgehead atoms. The minimum Gasteiger partial charge on any atom is -0.372 e. The molecule has 2 atom stereocenters. The van der Waals surface area contributed by atoms with Gasteiger partial charge in [0.2, 0.25) is 5.91 Å². The first kappa shape index (κ1) is 15.4. The summed E-state index contributed by atoms with van der Waals surface area (Å²) in [6, 6.07) is 10.0. The molecule has 3 heterocycles. The number of carbonyl (C=O) groups excluding carboxylic acids is 1. The lowest BCUT2D eigenvalue weighted by atomic mass is 9.98. The summed E-state index contributed by atoms with van der Waals surface area (Å²) < 4.78 is 7.85. The van der Waals surface area contributed by atoms with Crippen LogP contribution in [0.5, 0.6) is 0 Å². The van der Waals surface area contributed by atoms with Gasteiger partial charge < -0.3 is 10.1 Å². The Labute approximate surface area is 141 Å². The molecule has 0 unspecified atom stereocenters. The van der Waals surface area contributed by atoms with Crippen LogP contribution >= 0.6 is 0 Å². The minimum atomic E-state index is 0.0518. The SMILES string of the molecule is Cn1nccc1[C@@H]1OCC[C@H]1CN1CC(=O)Nc2ccccc2C1. The molecule has 6 nitrogen and oxygen atoms in total. The number of aryl methyl sites for hydroxylation is 1. The summed E-state index contributed by atoms with van der Waals surface area (Å²) in [5.74, 6) is 0.425. The van der Waals surface area contributed by atoms with Crippen LogP contribution in [0.25, 0.3) is 0 Å². The number of hydrogen-bond acceptors (Lipinski definition) is 4. The van der Waals surface area contributed by atoms with Gasteiger partial charge in [-0.3, -0.25) is 14.4 Å². The van der Waals surface area contributed by atoms with Crippen LogP contribution in [0, 0.1) is 5.92 Å². The first-order chi connectivity index (χ1) is 11.7. The molecule has 0 radical (unpaired) electrons. The zero-order chi connectivity index (χ0) is 16.5. The van der Waals surface area contributed by atoms with E-state index in [1.165, 1.54) is 5.56 Å². The quantitative estimate of drug-likeness (QED) is 0.937. The molecule has 0 aliphatic carbocycles. The van der Waals surface area contributed by atoms with E-state index in [1.807, 2.05) is 42.2 Å². The lowest BCUT2D eigenvalue weighted by molar-refractivity contribution is -0.117. The van der Waals surface area contributed by atoms with Crippen LogP contribution < -0.4 is 5.32 Å². The first-order valence-corrected chi connectivity index (χ1v) is 8.40. The zero-order valence-corrected chi connectivity index (χ0v) is 13.8. The van der Waals surface area contributed by atoms with Gasteiger partial charge in [0, 0.05) is 44.5 Å². The van der Waals surface area contributed by atoms with Crippen molar-refractivity contribution in [2.75, 3.05) is 25.0 Å². The molecule has 1 aromatic carbocycles. The minimum absolute atomic E-state index is 0.0518. The third kappa shape index (κ3) is 2.95. The highest BCUT2D eigenvalue weighted by Crippen LogP contribution is 2.35. The van der Waals surface area contributed by atoms with Crippen molar-refractivity contribution in [2.45, 2.75) is 19.1 Å². The highest BCUT2D eigenvalue weighted by atomic mass is 16.5. The van der Waals surface area contributed by atoms with Crippen molar-refractivity contribution >= 4 is 11.6 Å². The summed E-state index contributed by atoms with van der Waals surface area (Å²) in [6.45, 7) is 2.81. The third-order valence-electron chi connectivity index (χ3n) is 4.91. The van der Waals surface area contributed by atoms with Gasteiger partial charge in [-0.15, -0.1) is 0 Å². The van der Waals surface area contributed by atoms with Gasteiger partial charge >= 0.3 is 0 Å². The lowest BCUT2D eigenvalue weighted by Crippen LogP contribution is -2.35. The van der Waals surface area contributed by atoms with Gasteiger partial charge in [-0.1, -0.05) is 18.2 Å². The average Bonchev–Trinajstić information content (AvgIpc) is 3.13. The van der Waals surface area contributed by atoms with Crippen molar-refractivity contribution in [1.29, 1.82) is 0 Å². The maximum absolute atomic E-state index is 12.2. The summed E-state index contributed by atoms with van der Waals surface area (Å²) >= 11 is 0. The Morgan fingerprint density at radius 1 is 1.29 bits per heavy atom. The number of benzene rings is 1. The maximum Gasteiger partial charge on any atom is 0.238 e. The van der Waals surface area contributed by atoms with Crippen LogP contribution in [0.4, 0.5) is 5.69 Å². The van der Waals surface area contributed by atoms with Crippen molar-refractivity contribution in [1.82, 2.24) is 14.7 Å². The molecule has 2 aliphatic rings. The number of hydrogen-bond donors (Lipinski definition) is 1. The zero-order valence-electron chi connectivity index (χ0n) is 13.8. The molecule has 0 spiro atoms. The van der Waals surface area contributed by atoms with Crippen LogP contribution in [-0.4, -0.2) is 40.3 Å². The number of fused-ring (bicyclic) bond motifs is 1. The first-order valence-electron chi connectivity index (χ1n) is 8.40. The van der Waals surface area contributed by atoms with E-state index in [1.54, 1.807) is 0 Å². The van der Waals surface area contributed by atoms with Gasteiger partial charge in [-0.2, -0.15) is 5.10 Å². The maximum atomic E-state index is 12.2. The monoisotopic (exact) mass is 326 g/mol. The number of para-hydroxylation sites is 1. The van der Waals surface area contributed by atoms with Gasteiger partial charge in [-0.05, 0) is 24.1 Å². The predicted molar refractivity (Wildman–Crippen MR) is 90.4 cm³/mol. The van der Waals surface area contributed by atoms with Crippen molar-refractivity contribution in [3.63, 3.8) is 0 Å². The van der Waals surface area contributed by atoms with Gasteiger partial charge in [0.15, 0.2) is 0 Å². The van der Waals surface area contributed by atoms with E-state index < -0.39 is 0 Å². The van der Waals surface area contributed by atoms with E-state index in [4.69, 9.17) is 4.74 Å². The molecule has 2 aromatic rings. The highest BCUT2D eigenvalue weighted by Gasteiger charge is 2.33. The topological polar surface area (TPSA) is 59.4 Å². The van der Waals surface area contributed by atoms with Crippen LogP contribution in [0.2, 0.25) is 0 Å². The second kappa shape index (κ2) is 6.37. The number of nitrogens with zero attached hydrogens (tertiary/aromatic N) is 3. The summed E-state index contributed by atoms with van der Waals surface area (Å²) in [6.07, 6.45) is 2.87. The highest BCUT2D eigenvalue weighted by molar-refractivity contribution is 5.93. The van der Waals surface area contributed by atoms with Gasteiger partial charge in [0.05, 0.1) is 12.2 Å². The Kier molecular flexibility index (Phi) is 4.08. The average molecular weight is 326 g/mol. The second-order valence-electron chi connectivity index (χ2n) is 6.59. The lowest BCUT2D eigenvalue weighted by Gasteiger charge is -2.26. The fraction of sp³-hybridized carbons (Fsp3) is 0.444. The van der Waals surface area contributed by atoms with Gasteiger partial charge in [-0.25, -0.2) is 0 Å². The molecule has 1 amide bonds. The van der Waals surface area contributed by atoms with E-state index in [0.717, 1.165) is 37.5 Å². The second-order valence-corrected chi connectivity index (χ2v) is 6.59. The van der Waals surface area contributed by atoms with Crippen molar-refractivity contribution in [3.8, 4) is 0 Å². The fourth-order valence-electron chi connectivity index (χ4n) is 3.74. The van der Waals surface area contributed by atoms with Gasteiger partial charge in [0.25, 0.3) is 0 Å². The van der Waals surface area contributed by atoms with Crippen LogP contribution in [0.15, 0.2) is 36.5 Å². The molecule has 1 aromatic heterocycles. The van der Waals surface area contributed by atoms with Crippen LogP contribution in [-0.2, 0) is 23.1 Å². The molecule has 126 valence electrons. The van der Waals surface area contributed by atoms with Crippen LogP contribution in [0.3, 0.4) is 0 Å². The van der Waals surface area contributed by atoms with Crippen molar-refractivity contribution < 1.29 is 9.53 Å². The van der Waals surface area contributed by atoms with E-state index in [0.29, 0.717) is 12.5 Å². The summed E-state index contributed by atoms with van der Waals surface area (Å²) in [5, 5.41) is 7.26. The smallest absolute Gasteiger partial charge is 0.238 e. The Bertz CT molecular complexity index is 742. The number of anilines is 1. The third-order valence-corrected chi connectivity index (χ3v) is 4.91. The van der Waals surface area contributed by atoms with E-state index >= 15 is 0 Å². The number of nitrogens with one attached hydrogen (secondary N) is 1. The number of aromatic nitrogens is 2. The number of amides is 1. The molecule has 1 N–H and O–H groups in total. The van der Waals surface area contributed by atoms with E-state index in [2.05, 4.69) is 21.4 Å². The number of rotatable bonds is 3. The Balaban J connectivity index is 1.52. The molecule has 0 saturated carbocycles. The normalized spacial score (nSPS) is 24.5. The number of carbonyl (C=O) groups is 1.